The van der Waals surface area contributed by atoms with Gasteiger partial charge in [0.2, 0.25) is 0 Å². The number of benzene rings is 2. The third-order valence-electron chi connectivity index (χ3n) is 3.35. The number of nitrogens with two attached hydrogens (primary N) is 1. The molecular formula is C15H12ClFN2O. The number of hydrogen-bond acceptors (Lipinski definition) is 2. The van der Waals surface area contributed by atoms with Gasteiger partial charge in [-0.25, -0.2) is 4.39 Å². The summed E-state index contributed by atoms with van der Waals surface area (Å²) >= 11 is 5.78. The second-order valence-electron chi connectivity index (χ2n) is 4.72. The molecule has 0 amide bonds. The van der Waals surface area contributed by atoms with E-state index in [1.54, 1.807) is 12.1 Å². The van der Waals surface area contributed by atoms with Crippen LogP contribution in [0.4, 0.5) is 4.39 Å². The fourth-order valence-electron chi connectivity index (χ4n) is 2.33. The van der Waals surface area contributed by atoms with Gasteiger partial charge in [-0.05, 0) is 23.3 Å². The van der Waals surface area contributed by atoms with Crippen molar-refractivity contribution in [2.45, 2.75) is 12.5 Å². The Morgan fingerprint density at radius 2 is 2.15 bits per heavy atom. The van der Waals surface area contributed by atoms with Crippen LogP contribution in [0.25, 0.3) is 0 Å². The van der Waals surface area contributed by atoms with Crippen LogP contribution >= 0.6 is 11.6 Å². The Morgan fingerprint density at radius 1 is 1.35 bits per heavy atom. The SMILES string of the molecule is N=C(N)c1cccc(C2Cc3cc(Cl)c(F)cc3O2)c1. The summed E-state index contributed by atoms with van der Waals surface area (Å²) in [7, 11) is 0. The van der Waals surface area contributed by atoms with Gasteiger partial charge < -0.3 is 10.5 Å². The van der Waals surface area contributed by atoms with Crippen LogP contribution in [0.5, 0.6) is 5.75 Å². The summed E-state index contributed by atoms with van der Waals surface area (Å²) in [5, 5.41) is 7.56. The Bertz CT molecular complexity index is 671. The van der Waals surface area contributed by atoms with Crippen LogP contribution in [0.1, 0.15) is 22.8 Å². The van der Waals surface area contributed by atoms with Crippen molar-refractivity contribution in [1.29, 1.82) is 5.41 Å². The topological polar surface area (TPSA) is 59.1 Å². The third kappa shape index (κ3) is 2.23. The Kier molecular flexibility index (Phi) is 3.10. The Morgan fingerprint density at radius 3 is 2.90 bits per heavy atom. The van der Waals surface area contributed by atoms with E-state index in [4.69, 9.17) is 27.5 Å². The van der Waals surface area contributed by atoms with Crippen molar-refractivity contribution < 1.29 is 9.13 Å². The van der Waals surface area contributed by atoms with E-state index in [1.165, 1.54) is 6.07 Å². The average Bonchev–Trinajstić information content (AvgIpc) is 2.82. The van der Waals surface area contributed by atoms with E-state index in [1.807, 2.05) is 18.2 Å². The minimum atomic E-state index is -0.483. The largest absolute Gasteiger partial charge is 0.485 e. The summed E-state index contributed by atoms with van der Waals surface area (Å²) in [4.78, 5) is 0. The Hall–Kier alpha value is -2.07. The maximum absolute atomic E-state index is 13.4. The molecular weight excluding hydrogens is 279 g/mol. The molecule has 0 bridgehead atoms. The smallest absolute Gasteiger partial charge is 0.145 e. The van der Waals surface area contributed by atoms with Crippen LogP contribution < -0.4 is 10.5 Å². The molecule has 1 aliphatic rings. The van der Waals surface area contributed by atoms with Crippen LogP contribution in [0.15, 0.2) is 36.4 Å². The van der Waals surface area contributed by atoms with Crippen molar-refractivity contribution >= 4 is 17.4 Å². The van der Waals surface area contributed by atoms with Gasteiger partial charge in [0.05, 0.1) is 5.02 Å². The summed E-state index contributed by atoms with van der Waals surface area (Å²) in [6.07, 6.45) is 0.415. The maximum atomic E-state index is 13.4. The number of nitrogen functional groups attached to an aromatic ring is 1. The van der Waals surface area contributed by atoms with Crippen LogP contribution in [0.2, 0.25) is 5.02 Å². The molecule has 0 saturated heterocycles. The van der Waals surface area contributed by atoms with Crippen molar-refractivity contribution in [3.63, 3.8) is 0 Å². The first-order valence-electron chi connectivity index (χ1n) is 6.13. The van der Waals surface area contributed by atoms with E-state index in [-0.39, 0.29) is 17.0 Å². The van der Waals surface area contributed by atoms with Crippen LogP contribution in [-0.2, 0) is 6.42 Å². The second kappa shape index (κ2) is 4.80. The fraction of sp³-hybridized carbons (Fsp3) is 0.133. The first-order valence-corrected chi connectivity index (χ1v) is 6.51. The number of nitrogens with one attached hydrogen (secondary N) is 1. The van der Waals surface area contributed by atoms with Crippen LogP contribution in [-0.4, -0.2) is 5.84 Å². The molecule has 0 saturated carbocycles. The number of hydrogen-bond donors (Lipinski definition) is 2. The molecule has 3 rings (SSSR count). The predicted molar refractivity (Wildman–Crippen MR) is 75.9 cm³/mol. The normalized spacial score (nSPS) is 16.6. The molecule has 3 nitrogen and oxygen atoms in total. The maximum Gasteiger partial charge on any atom is 0.145 e. The van der Waals surface area contributed by atoms with Crippen molar-refractivity contribution in [3.05, 3.63) is 63.9 Å². The van der Waals surface area contributed by atoms with E-state index in [9.17, 15) is 4.39 Å². The number of ether oxygens (including phenoxy) is 1. The highest BCUT2D eigenvalue weighted by atomic mass is 35.5. The molecule has 3 N–H and O–H groups in total. The lowest BCUT2D eigenvalue weighted by Crippen LogP contribution is -2.12. The van der Waals surface area contributed by atoms with Gasteiger partial charge in [0, 0.05) is 18.1 Å². The van der Waals surface area contributed by atoms with Crippen molar-refractivity contribution in [2.24, 2.45) is 5.73 Å². The highest BCUT2D eigenvalue weighted by Gasteiger charge is 2.26. The Balaban J connectivity index is 1.92. The summed E-state index contributed by atoms with van der Waals surface area (Å²) in [5.74, 6) is 0.0464. The molecule has 1 heterocycles. The molecule has 0 aromatic heterocycles. The zero-order valence-electron chi connectivity index (χ0n) is 10.5. The summed E-state index contributed by atoms with van der Waals surface area (Å²) in [6.45, 7) is 0. The van der Waals surface area contributed by atoms with Gasteiger partial charge in [0.1, 0.15) is 23.5 Å². The Labute approximate surface area is 120 Å². The van der Waals surface area contributed by atoms with E-state index in [0.717, 1.165) is 11.1 Å². The molecule has 0 fully saturated rings. The summed E-state index contributed by atoms with van der Waals surface area (Å²) in [5.41, 5.74) is 7.92. The molecule has 5 heteroatoms. The second-order valence-corrected chi connectivity index (χ2v) is 5.13. The molecule has 1 atom stereocenters. The third-order valence-corrected chi connectivity index (χ3v) is 3.64. The first-order chi connectivity index (χ1) is 9.54. The van der Waals surface area contributed by atoms with Gasteiger partial charge in [0.25, 0.3) is 0 Å². The zero-order valence-corrected chi connectivity index (χ0v) is 11.2. The number of halogens is 2. The van der Waals surface area contributed by atoms with Crippen LogP contribution in [0.3, 0.4) is 0 Å². The molecule has 1 unspecified atom stereocenters. The van der Waals surface area contributed by atoms with Crippen molar-refractivity contribution in [3.8, 4) is 5.75 Å². The first kappa shape index (κ1) is 12.9. The number of rotatable bonds is 2. The van der Waals surface area contributed by atoms with E-state index < -0.39 is 5.82 Å². The van der Waals surface area contributed by atoms with Gasteiger partial charge >= 0.3 is 0 Å². The van der Waals surface area contributed by atoms with Gasteiger partial charge in [-0.2, -0.15) is 0 Å². The molecule has 0 radical (unpaired) electrons. The van der Waals surface area contributed by atoms with Gasteiger partial charge in [-0.1, -0.05) is 29.8 Å². The van der Waals surface area contributed by atoms with E-state index >= 15 is 0 Å². The molecule has 2 aromatic carbocycles. The number of amidine groups is 1. The van der Waals surface area contributed by atoms with Crippen molar-refractivity contribution in [2.75, 3.05) is 0 Å². The monoisotopic (exact) mass is 290 g/mol. The minimum absolute atomic E-state index is 0.0106. The number of fused-ring (bicyclic) bond motifs is 1. The quantitative estimate of drug-likeness (QED) is 0.657. The predicted octanol–water partition coefficient (Wildman–Crippen LogP) is 3.44. The van der Waals surface area contributed by atoms with Crippen LogP contribution in [0, 0.1) is 11.2 Å². The molecule has 102 valence electrons. The minimum Gasteiger partial charge on any atom is -0.485 e. The lowest BCUT2D eigenvalue weighted by Gasteiger charge is -2.12. The molecule has 0 spiro atoms. The highest BCUT2D eigenvalue weighted by Crippen LogP contribution is 2.39. The fourth-order valence-corrected chi connectivity index (χ4v) is 2.51. The summed E-state index contributed by atoms with van der Waals surface area (Å²) in [6, 6.07) is 10.2. The van der Waals surface area contributed by atoms with E-state index in [0.29, 0.717) is 17.7 Å². The lowest BCUT2D eigenvalue weighted by atomic mass is 10.0. The van der Waals surface area contributed by atoms with Gasteiger partial charge in [-0.3, -0.25) is 5.41 Å². The molecule has 0 aliphatic carbocycles. The lowest BCUT2D eigenvalue weighted by molar-refractivity contribution is 0.238. The van der Waals surface area contributed by atoms with E-state index in [2.05, 4.69) is 0 Å². The average molecular weight is 291 g/mol. The summed E-state index contributed by atoms with van der Waals surface area (Å²) < 4.78 is 19.2. The standard InChI is InChI=1S/C15H12ClFN2O/c16-11-5-10-6-13(20-14(10)7-12(11)17)8-2-1-3-9(4-8)15(18)19/h1-5,7,13H,6H2,(H3,18,19). The van der Waals surface area contributed by atoms with Crippen molar-refractivity contribution in [1.82, 2.24) is 0 Å². The molecule has 2 aromatic rings. The van der Waals surface area contributed by atoms with Gasteiger partial charge in [-0.15, -0.1) is 0 Å². The molecule has 20 heavy (non-hydrogen) atoms. The molecule has 1 aliphatic heterocycles. The van der Waals surface area contributed by atoms with Gasteiger partial charge in [0.15, 0.2) is 0 Å². The zero-order chi connectivity index (χ0) is 14.3. The highest BCUT2D eigenvalue weighted by molar-refractivity contribution is 6.30.